The summed E-state index contributed by atoms with van der Waals surface area (Å²) in [6.45, 7) is 2.50. The van der Waals surface area contributed by atoms with Crippen molar-refractivity contribution in [1.29, 1.82) is 5.26 Å². The van der Waals surface area contributed by atoms with Crippen LogP contribution in [0.15, 0.2) is 6.07 Å². The van der Waals surface area contributed by atoms with Gasteiger partial charge >= 0.3 is 0 Å². The van der Waals surface area contributed by atoms with Gasteiger partial charge in [-0.15, -0.1) is 0 Å². The molecule has 1 saturated heterocycles. The Morgan fingerprint density at radius 1 is 1.35 bits per heavy atom. The highest BCUT2D eigenvalue weighted by atomic mass is 16.5. The number of aryl methyl sites for hydroxylation is 1. The fraction of sp³-hybridized carbons (Fsp3) is 0.700. The van der Waals surface area contributed by atoms with Crippen LogP contribution in [0.25, 0.3) is 0 Å². The van der Waals surface area contributed by atoms with Gasteiger partial charge in [0.1, 0.15) is 23.4 Å². The monoisotopic (exact) mass is 356 g/mol. The average molecular weight is 356 g/mol. The lowest BCUT2D eigenvalue weighted by Gasteiger charge is -2.34. The van der Waals surface area contributed by atoms with Crippen molar-refractivity contribution >= 4 is 11.6 Å². The predicted molar refractivity (Wildman–Crippen MR) is 98.8 cm³/mol. The van der Waals surface area contributed by atoms with Gasteiger partial charge in [-0.25, -0.2) is 9.97 Å². The SMILES string of the molecule is COCCCCC(=O)[C@@H]1C[C@@H]2CCCC[C@@H]2N1c1cc(C#N)nc(C)n1. The molecule has 1 aliphatic heterocycles. The molecule has 3 rings (SSSR count). The van der Waals surface area contributed by atoms with Crippen molar-refractivity contribution in [3.05, 3.63) is 17.6 Å². The van der Waals surface area contributed by atoms with E-state index in [9.17, 15) is 10.1 Å². The standard InChI is InChI=1S/C20H28N4O2/c1-14-22-16(13-21)12-20(23-14)24-17-8-4-3-7-15(17)11-18(24)19(25)9-5-6-10-26-2/h12,15,17-18H,3-11H2,1-2H3/t15-,17-,18-/m0/s1. The molecule has 140 valence electrons. The molecule has 0 aromatic carbocycles. The molecule has 3 atom stereocenters. The predicted octanol–water partition coefficient (Wildman–Crippen LogP) is 3.18. The molecule has 0 unspecified atom stereocenters. The van der Waals surface area contributed by atoms with Crippen LogP contribution >= 0.6 is 0 Å². The van der Waals surface area contributed by atoms with Gasteiger partial charge in [-0.05, 0) is 44.9 Å². The molecule has 1 saturated carbocycles. The van der Waals surface area contributed by atoms with E-state index >= 15 is 0 Å². The molecule has 26 heavy (non-hydrogen) atoms. The van der Waals surface area contributed by atoms with E-state index in [-0.39, 0.29) is 6.04 Å². The maximum Gasteiger partial charge on any atom is 0.155 e. The second-order valence-corrected chi connectivity index (χ2v) is 7.46. The number of hydrogen-bond acceptors (Lipinski definition) is 6. The molecule has 6 nitrogen and oxygen atoms in total. The first-order valence-electron chi connectivity index (χ1n) is 9.69. The highest BCUT2D eigenvalue weighted by Gasteiger charge is 2.45. The zero-order valence-electron chi connectivity index (χ0n) is 15.8. The zero-order chi connectivity index (χ0) is 18.5. The van der Waals surface area contributed by atoms with Crippen molar-refractivity contribution < 1.29 is 9.53 Å². The Morgan fingerprint density at radius 3 is 2.92 bits per heavy atom. The fourth-order valence-corrected chi connectivity index (χ4v) is 4.53. The van der Waals surface area contributed by atoms with Gasteiger partial charge in [-0.3, -0.25) is 4.79 Å². The summed E-state index contributed by atoms with van der Waals surface area (Å²) in [7, 11) is 1.69. The van der Waals surface area contributed by atoms with Gasteiger partial charge in [0, 0.05) is 32.2 Å². The average Bonchev–Trinajstić information content (AvgIpc) is 3.04. The number of anilines is 1. The van der Waals surface area contributed by atoms with Crippen molar-refractivity contribution in [1.82, 2.24) is 9.97 Å². The van der Waals surface area contributed by atoms with Crippen LogP contribution in [0.1, 0.15) is 62.9 Å². The minimum atomic E-state index is -0.119. The number of carbonyl (C=O) groups is 1. The molecule has 0 radical (unpaired) electrons. The summed E-state index contributed by atoms with van der Waals surface area (Å²) in [6.07, 6.45) is 7.99. The van der Waals surface area contributed by atoms with Gasteiger partial charge in [0.2, 0.25) is 0 Å². The lowest BCUT2D eigenvalue weighted by atomic mass is 9.84. The molecule has 0 N–H and O–H groups in total. The molecule has 2 aliphatic rings. The Morgan fingerprint density at radius 2 is 2.15 bits per heavy atom. The number of Topliss-reactive ketones (excluding diaryl/α,β-unsaturated/α-hetero) is 1. The Hall–Kier alpha value is -2.00. The number of nitriles is 1. The number of unbranched alkanes of at least 4 members (excludes halogenated alkanes) is 1. The molecule has 1 aliphatic carbocycles. The van der Waals surface area contributed by atoms with E-state index in [0.717, 1.165) is 31.5 Å². The topological polar surface area (TPSA) is 79.1 Å². The van der Waals surface area contributed by atoms with Crippen molar-refractivity contribution in [3.63, 3.8) is 0 Å². The molecule has 2 heterocycles. The second-order valence-electron chi connectivity index (χ2n) is 7.46. The first kappa shape index (κ1) is 18.8. The molecule has 0 spiro atoms. The maximum atomic E-state index is 13.0. The highest BCUT2D eigenvalue weighted by molar-refractivity contribution is 5.88. The van der Waals surface area contributed by atoms with Crippen molar-refractivity contribution in [3.8, 4) is 6.07 Å². The Bertz CT molecular complexity index is 685. The van der Waals surface area contributed by atoms with Gasteiger partial charge in [0.15, 0.2) is 5.78 Å². The number of methoxy groups -OCH3 is 1. The number of fused-ring (bicyclic) bond motifs is 1. The van der Waals surface area contributed by atoms with Gasteiger partial charge < -0.3 is 9.64 Å². The first-order valence-corrected chi connectivity index (χ1v) is 9.69. The summed E-state index contributed by atoms with van der Waals surface area (Å²) >= 11 is 0. The summed E-state index contributed by atoms with van der Waals surface area (Å²) < 4.78 is 5.09. The quantitative estimate of drug-likeness (QED) is 0.698. The lowest BCUT2D eigenvalue weighted by molar-refractivity contribution is -0.120. The summed E-state index contributed by atoms with van der Waals surface area (Å²) in [6, 6.07) is 4.10. The van der Waals surface area contributed by atoms with E-state index in [1.165, 1.54) is 19.3 Å². The maximum absolute atomic E-state index is 13.0. The smallest absolute Gasteiger partial charge is 0.155 e. The van der Waals surface area contributed by atoms with Crippen LogP contribution in [0.5, 0.6) is 0 Å². The van der Waals surface area contributed by atoms with Crippen molar-refractivity contribution in [2.75, 3.05) is 18.6 Å². The first-order chi connectivity index (χ1) is 12.6. The highest BCUT2D eigenvalue weighted by Crippen LogP contribution is 2.42. The van der Waals surface area contributed by atoms with Crippen LogP contribution in [0.4, 0.5) is 5.82 Å². The number of rotatable bonds is 7. The second kappa shape index (κ2) is 8.59. The molecular formula is C20H28N4O2. The molecular weight excluding hydrogens is 328 g/mol. The molecule has 0 bridgehead atoms. The van der Waals surface area contributed by atoms with Crippen LogP contribution in [-0.2, 0) is 9.53 Å². The minimum absolute atomic E-state index is 0.119. The molecule has 1 aromatic heterocycles. The number of hydrogen-bond donors (Lipinski definition) is 0. The molecule has 0 amide bonds. The number of ether oxygens (including phenoxy) is 1. The number of carbonyl (C=O) groups excluding carboxylic acids is 1. The third-order valence-electron chi connectivity index (χ3n) is 5.68. The van der Waals surface area contributed by atoms with Crippen LogP contribution < -0.4 is 4.90 Å². The van der Waals surface area contributed by atoms with Crippen LogP contribution in [-0.4, -0.2) is 41.6 Å². The van der Waals surface area contributed by atoms with Crippen LogP contribution in [0.2, 0.25) is 0 Å². The lowest BCUT2D eigenvalue weighted by Crippen LogP contribution is -2.43. The largest absolute Gasteiger partial charge is 0.385 e. The van der Waals surface area contributed by atoms with E-state index in [4.69, 9.17) is 4.74 Å². The minimum Gasteiger partial charge on any atom is -0.385 e. The summed E-state index contributed by atoms with van der Waals surface area (Å²) in [4.78, 5) is 24.0. The van der Waals surface area contributed by atoms with E-state index in [1.807, 2.05) is 0 Å². The summed E-state index contributed by atoms with van der Waals surface area (Å²) in [5, 5.41) is 9.27. The zero-order valence-corrected chi connectivity index (χ0v) is 15.8. The molecule has 2 fully saturated rings. The normalized spacial score (nSPS) is 25.0. The van der Waals surface area contributed by atoms with Gasteiger partial charge in [-0.2, -0.15) is 5.26 Å². The number of aromatic nitrogens is 2. The Labute approximate surface area is 155 Å². The molecule has 1 aromatic rings. The summed E-state index contributed by atoms with van der Waals surface area (Å²) in [5.74, 6) is 2.19. The van der Waals surface area contributed by atoms with E-state index in [1.54, 1.807) is 20.1 Å². The number of ketones is 1. The third kappa shape index (κ3) is 4.04. The van der Waals surface area contributed by atoms with Crippen molar-refractivity contribution in [2.24, 2.45) is 5.92 Å². The van der Waals surface area contributed by atoms with Gasteiger partial charge in [0.05, 0.1) is 6.04 Å². The Balaban J connectivity index is 1.83. The van der Waals surface area contributed by atoms with E-state index < -0.39 is 0 Å². The van der Waals surface area contributed by atoms with E-state index in [0.29, 0.717) is 42.3 Å². The number of nitrogens with zero attached hydrogens (tertiary/aromatic N) is 4. The Kier molecular flexibility index (Phi) is 6.20. The van der Waals surface area contributed by atoms with Crippen molar-refractivity contribution in [2.45, 2.75) is 70.4 Å². The summed E-state index contributed by atoms with van der Waals surface area (Å²) in [5.41, 5.74) is 0.373. The fourth-order valence-electron chi connectivity index (χ4n) is 4.53. The molecule has 6 heteroatoms. The van der Waals surface area contributed by atoms with Crippen LogP contribution in [0, 0.1) is 24.2 Å². The van der Waals surface area contributed by atoms with Gasteiger partial charge in [0.25, 0.3) is 0 Å². The van der Waals surface area contributed by atoms with Crippen LogP contribution in [0.3, 0.4) is 0 Å². The third-order valence-corrected chi connectivity index (χ3v) is 5.68. The van der Waals surface area contributed by atoms with Gasteiger partial charge in [-0.1, -0.05) is 12.8 Å². The van der Waals surface area contributed by atoms with E-state index in [2.05, 4.69) is 20.9 Å².